The first kappa shape index (κ1) is 104. The van der Waals surface area contributed by atoms with Crippen molar-refractivity contribution in [1.82, 2.24) is 103 Å². The van der Waals surface area contributed by atoms with Gasteiger partial charge in [-0.2, -0.15) is 0 Å². The molecule has 17 amide bonds. The van der Waals surface area contributed by atoms with Crippen LogP contribution in [-0.2, 0) is 107 Å². The van der Waals surface area contributed by atoms with Crippen LogP contribution in [0.25, 0.3) is 21.8 Å². The van der Waals surface area contributed by atoms with Gasteiger partial charge in [0, 0.05) is 118 Å². The number of benzene rings is 3. The molecule has 4 saturated heterocycles. The van der Waals surface area contributed by atoms with Crippen LogP contribution in [0.5, 0.6) is 5.75 Å². The Morgan fingerprint density at radius 3 is 1.51 bits per heavy atom. The van der Waals surface area contributed by atoms with E-state index < -0.39 is 222 Å². The fourth-order valence-electron chi connectivity index (χ4n) is 17.7. The molecule has 0 spiro atoms. The number of hydrogen-bond acceptors (Lipinski definition) is 22. The quantitative estimate of drug-likeness (QED) is 0.0163. The van der Waals surface area contributed by atoms with Crippen molar-refractivity contribution in [2.75, 3.05) is 64.9 Å². The Morgan fingerprint density at radius 1 is 0.507 bits per heavy atom. The van der Waals surface area contributed by atoms with E-state index in [2.05, 4.69) is 78.4 Å². The summed E-state index contributed by atoms with van der Waals surface area (Å²) >= 11 is 0.784. The first-order valence-corrected chi connectivity index (χ1v) is 47.3. The van der Waals surface area contributed by atoms with Crippen molar-refractivity contribution in [1.29, 1.82) is 5.41 Å². The van der Waals surface area contributed by atoms with Crippen molar-refractivity contribution in [2.24, 2.45) is 23.1 Å². The van der Waals surface area contributed by atoms with E-state index in [9.17, 15) is 43.8 Å². The van der Waals surface area contributed by atoms with Crippen LogP contribution in [0.15, 0.2) is 97.7 Å². The maximum Gasteiger partial charge on any atom is 0.246 e. The van der Waals surface area contributed by atoms with Gasteiger partial charge in [-0.1, -0.05) is 102 Å². The second kappa shape index (κ2) is 50.1. The summed E-state index contributed by atoms with van der Waals surface area (Å²) in [5, 5.41) is 60.3. The highest BCUT2D eigenvalue weighted by molar-refractivity contribution is 8.00. The number of rotatable bonds is 26. The van der Waals surface area contributed by atoms with Crippen LogP contribution in [0.4, 0.5) is 0 Å². The van der Waals surface area contributed by atoms with Crippen LogP contribution in [-0.4, -0.2) is 311 Å². The van der Waals surface area contributed by atoms with Crippen molar-refractivity contribution in [3.05, 3.63) is 120 Å². The molecule has 0 bridgehead atoms. The van der Waals surface area contributed by atoms with Crippen molar-refractivity contribution in [3.63, 3.8) is 0 Å². The molecule has 3 aromatic heterocycles. The standard InChI is InChI=1S/C92H128N24O19S/c1-7-9-24-70-83(127)104-61(23-15-33-98-92(95)96)79(123)111-69(78(122)101-46-76(94)120)48-136-49-77(121)103-65(38-52-29-31-56(118)32-30-52)89(133)115-35-18-28-73(115)86(130)109-67(42-75(93)119)90(134)116-36-17-27-72(116)85(129)106-63(41-55-45-97-50-102-55)81(125)107-64(37-51(3)4)88(132)114-34-16-26-71(114)84(128)105-62(39-53-43-99-59-21-13-11-19-57(53)59)80(124)110-68(47-117)82(126)108-66(40-54-44-100-60-22-14-12-20-58(54)60)87(131)113(6)74(25-10-8-2)91(135)112(70)5/h11-14,19-22,29-32,43-45,50-51,61-74,99-100,117-118H,7-10,15-18,23-28,33-42,46-49H2,1-6H3,(H2,93,119)(H2,94,120)(H,97,102)(H,101,122)(H,103,121)(H,104,127)(H,105,128)(H,106,129)(H,107,125)(H,108,126)(H,109,130)(H,110,124)(H,111,123)(H4,95,96,98)/t61-,62-,63-,64-,65-,66-,67-,68-,69-,70-,71-,72-,73-,74-/m0/s1. The largest absolute Gasteiger partial charge is 0.508 e. The number of carbonyl (C=O) groups excluding carboxylic acids is 17. The van der Waals surface area contributed by atoms with Gasteiger partial charge in [0.25, 0.3) is 0 Å². The molecule has 736 valence electrons. The van der Waals surface area contributed by atoms with Crippen LogP contribution < -0.4 is 75.7 Å². The number of amides is 17. The van der Waals surface area contributed by atoms with Gasteiger partial charge >= 0.3 is 0 Å². The van der Waals surface area contributed by atoms with Gasteiger partial charge in [-0.05, 0) is 118 Å². The Bertz CT molecular complexity index is 5260. The SMILES string of the molecule is CCCC[C@H]1C(=O)N(C)[C@@H](CCCC)C(=O)N[C@@H](CCCNC(=N)N)C(=O)N[C@H](C(=O)NCC(N)=O)CSCC(=O)N[C@@H](Cc2ccc(O)cc2)C(=O)N2CCC[C@H]2C(=O)N[C@@H](CC(N)=O)C(=O)N2CCC[C@H]2C(=O)N[C@@H](Cc2cnc[nH]2)C(=O)N[C@@H](CC(C)C)C(=O)N2CCC[C@H]2C(=O)N[C@@H](Cc2c[nH]c3ccccc23)C(=O)N[C@@H](CO)C(=O)N[C@@H](Cc2c[nH]c3ccccc23)C(=O)N1C. The second-order valence-corrected chi connectivity index (χ2v) is 36.4. The predicted molar refractivity (Wildman–Crippen MR) is 501 cm³/mol. The van der Waals surface area contributed by atoms with E-state index in [1.54, 1.807) is 74.8 Å². The number of primary amides is 2. The molecule has 4 fully saturated rings. The molecule has 7 heterocycles. The number of aliphatic hydroxyl groups is 1. The molecule has 23 N–H and O–H groups in total. The third kappa shape index (κ3) is 28.5. The fraction of sp³-hybridized carbons (Fsp3) is 0.533. The lowest BCUT2D eigenvalue weighted by Gasteiger charge is -2.36. The summed E-state index contributed by atoms with van der Waals surface area (Å²) in [4.78, 5) is 271. The number of H-pyrrole nitrogens is 3. The summed E-state index contributed by atoms with van der Waals surface area (Å²) in [7, 11) is 2.72. The third-order valence-electron chi connectivity index (χ3n) is 24.8. The highest BCUT2D eigenvalue weighted by Gasteiger charge is 2.47. The number of para-hydroxylation sites is 2. The molecule has 4 aliphatic heterocycles. The fourth-order valence-corrected chi connectivity index (χ4v) is 18.5. The molecule has 43 nitrogen and oxygen atoms in total. The number of nitrogens with zero attached hydrogens (tertiary/aromatic N) is 6. The molecule has 10 rings (SSSR count). The minimum Gasteiger partial charge on any atom is -0.508 e. The zero-order chi connectivity index (χ0) is 98.6. The molecular formula is C92H128N24O19S. The molecular weight excluding hydrogens is 1780 g/mol. The van der Waals surface area contributed by atoms with E-state index in [0.29, 0.717) is 69.9 Å². The molecule has 3 aromatic carbocycles. The lowest BCUT2D eigenvalue weighted by molar-refractivity contribution is -0.149. The summed E-state index contributed by atoms with van der Waals surface area (Å²) in [6.45, 7) is 5.35. The number of aromatic amines is 3. The Balaban J connectivity index is 1.02. The predicted octanol–water partition coefficient (Wildman–Crippen LogP) is -1.76. The first-order valence-electron chi connectivity index (χ1n) is 46.2. The molecule has 14 atom stereocenters. The number of aromatic nitrogens is 4. The zero-order valence-electron chi connectivity index (χ0n) is 77.4. The smallest absolute Gasteiger partial charge is 0.246 e. The minimum atomic E-state index is -1.85. The maximum absolute atomic E-state index is 15.8. The number of thioether (sulfide) groups is 1. The summed E-state index contributed by atoms with van der Waals surface area (Å²) in [5.41, 5.74) is 20.0. The number of fused-ring (bicyclic) bond motifs is 5. The number of aromatic hydroxyl groups is 1. The number of unbranched alkanes of at least 4 members (excludes halogenated alkanes) is 2. The number of aliphatic hydroxyl groups excluding tert-OH is 1. The number of carbonyl (C=O) groups is 17. The van der Waals surface area contributed by atoms with Gasteiger partial charge in [0.1, 0.15) is 90.3 Å². The molecule has 0 radical (unpaired) electrons. The van der Waals surface area contributed by atoms with Gasteiger partial charge in [-0.3, -0.25) is 86.9 Å². The molecule has 136 heavy (non-hydrogen) atoms. The summed E-state index contributed by atoms with van der Waals surface area (Å²) < 4.78 is 0. The highest BCUT2D eigenvalue weighted by Crippen LogP contribution is 2.29. The van der Waals surface area contributed by atoms with Crippen LogP contribution >= 0.6 is 11.8 Å². The van der Waals surface area contributed by atoms with Gasteiger partial charge in [-0.15, -0.1) is 11.8 Å². The van der Waals surface area contributed by atoms with Crippen molar-refractivity contribution in [3.8, 4) is 5.75 Å². The summed E-state index contributed by atoms with van der Waals surface area (Å²) in [6.07, 6.45) is 6.58. The highest BCUT2D eigenvalue weighted by atomic mass is 32.2. The van der Waals surface area contributed by atoms with Gasteiger partial charge in [-0.25, -0.2) is 4.98 Å². The van der Waals surface area contributed by atoms with Crippen molar-refractivity contribution in [2.45, 2.75) is 241 Å². The number of phenols is 1. The van der Waals surface area contributed by atoms with E-state index in [1.807, 2.05) is 13.8 Å². The van der Waals surface area contributed by atoms with Crippen LogP contribution in [0.1, 0.15) is 153 Å². The minimum absolute atomic E-state index is 0.00210. The van der Waals surface area contributed by atoms with Gasteiger partial charge in [0.05, 0.1) is 31.7 Å². The van der Waals surface area contributed by atoms with Gasteiger partial charge in [0.15, 0.2) is 5.96 Å². The average Bonchev–Trinajstić information content (AvgIpc) is 1.63. The van der Waals surface area contributed by atoms with Crippen molar-refractivity contribution < 1.29 is 91.7 Å². The Hall–Kier alpha value is -13.7. The topological polar surface area (TPSA) is 641 Å². The zero-order valence-corrected chi connectivity index (χ0v) is 78.2. The molecule has 0 saturated carbocycles. The van der Waals surface area contributed by atoms with Crippen LogP contribution in [0, 0.1) is 11.3 Å². The molecule has 4 aliphatic rings. The number of phenolic OH excluding ortho intramolecular Hbond substituents is 1. The van der Waals surface area contributed by atoms with E-state index in [0.717, 1.165) is 26.5 Å². The van der Waals surface area contributed by atoms with Crippen LogP contribution in [0.2, 0.25) is 0 Å². The van der Waals surface area contributed by atoms with E-state index >= 15 is 47.9 Å². The molecule has 6 aromatic rings. The maximum atomic E-state index is 15.8. The summed E-state index contributed by atoms with van der Waals surface area (Å²) in [6, 6.07) is -0.982. The number of hydrogen-bond donors (Lipinski definition) is 20. The normalized spacial score (nSPS) is 24.5. The second-order valence-electron chi connectivity index (χ2n) is 35.3. The average molecular weight is 1910 g/mol. The van der Waals surface area contributed by atoms with Crippen molar-refractivity contribution >= 4 is 140 Å². The van der Waals surface area contributed by atoms with E-state index in [-0.39, 0.29) is 134 Å². The Kier molecular flexibility index (Phi) is 38.4. The van der Waals surface area contributed by atoms with Crippen LogP contribution in [0.3, 0.4) is 0 Å². The number of imidazole rings is 1. The number of nitrogens with one attached hydrogen (secondary N) is 15. The monoisotopic (exact) mass is 1900 g/mol. The lowest BCUT2D eigenvalue weighted by Crippen LogP contribution is -2.62. The first-order chi connectivity index (χ1) is 65.1. The Labute approximate surface area is 790 Å². The van der Waals surface area contributed by atoms with Gasteiger partial charge < -0.3 is 125 Å². The lowest BCUT2D eigenvalue weighted by atomic mass is 10.00. The molecule has 44 heteroatoms. The molecule has 0 unspecified atom stereocenters. The number of likely N-dealkylation sites (N-methyl/N-ethyl adjacent to an activating group) is 2. The van der Waals surface area contributed by atoms with Gasteiger partial charge in [0.2, 0.25) is 100 Å². The summed E-state index contributed by atoms with van der Waals surface area (Å²) in [5.74, 6) is -16.9. The Morgan fingerprint density at radius 2 is 0.985 bits per heavy atom. The van der Waals surface area contributed by atoms with E-state index in [1.165, 1.54) is 60.7 Å². The van der Waals surface area contributed by atoms with E-state index in [4.69, 9.17) is 22.6 Å². The third-order valence-corrected chi connectivity index (χ3v) is 25.9. The number of nitrogens with two attached hydrogens (primary N) is 3. The number of guanidine groups is 1. The molecule has 0 aliphatic carbocycles.